The summed E-state index contributed by atoms with van der Waals surface area (Å²) in [5.41, 5.74) is 4.10. The Bertz CT molecular complexity index is 796. The summed E-state index contributed by atoms with van der Waals surface area (Å²) in [6, 6.07) is 27.7. The topological polar surface area (TPSA) is 29.1 Å². The van der Waals surface area contributed by atoms with Gasteiger partial charge in [0.05, 0.1) is 6.04 Å². The lowest BCUT2D eigenvalue weighted by Gasteiger charge is -2.21. The number of ketones is 1. The molecule has 0 aliphatic rings. The van der Waals surface area contributed by atoms with Gasteiger partial charge in [-0.3, -0.25) is 4.79 Å². The summed E-state index contributed by atoms with van der Waals surface area (Å²) in [5.74, 6) is 0.144. The average Bonchev–Trinajstić information content (AvgIpc) is 2.64. The summed E-state index contributed by atoms with van der Waals surface area (Å²) in [4.78, 5) is 12.7. The number of carbonyl (C=O) groups excluding carboxylic acids is 1. The molecule has 0 aromatic heterocycles. The molecule has 0 saturated carbocycles. The van der Waals surface area contributed by atoms with Gasteiger partial charge in [-0.2, -0.15) is 0 Å². The minimum Gasteiger partial charge on any atom is -0.378 e. The minimum absolute atomic E-state index is 0.0555. The van der Waals surface area contributed by atoms with Crippen LogP contribution in [0, 0.1) is 6.92 Å². The number of para-hydroxylation sites is 1. The molecule has 1 N–H and O–H groups in total. The van der Waals surface area contributed by atoms with Gasteiger partial charge >= 0.3 is 0 Å². The van der Waals surface area contributed by atoms with Gasteiger partial charge in [0.1, 0.15) is 0 Å². The lowest BCUT2D eigenvalue weighted by Crippen LogP contribution is -2.16. The highest BCUT2D eigenvalue weighted by Crippen LogP contribution is 2.26. The van der Waals surface area contributed by atoms with Gasteiger partial charge in [0.2, 0.25) is 0 Å². The van der Waals surface area contributed by atoms with E-state index in [0.717, 1.165) is 16.8 Å². The first-order chi connectivity index (χ1) is 11.7. The Morgan fingerprint density at radius 1 is 0.833 bits per heavy atom. The number of Topliss-reactive ketones (excluding diaryl/α,β-unsaturated/α-hetero) is 1. The van der Waals surface area contributed by atoms with Gasteiger partial charge in [0.25, 0.3) is 0 Å². The summed E-state index contributed by atoms with van der Waals surface area (Å²) in [6.45, 7) is 2.07. The normalized spacial score (nSPS) is 11.7. The second-order valence-corrected chi connectivity index (χ2v) is 5.92. The molecule has 3 aromatic rings. The molecule has 0 saturated heterocycles. The average molecular weight is 315 g/mol. The molecule has 0 spiro atoms. The monoisotopic (exact) mass is 315 g/mol. The number of anilines is 1. The second kappa shape index (κ2) is 7.60. The number of carbonyl (C=O) groups is 1. The highest BCUT2D eigenvalue weighted by molar-refractivity contribution is 5.96. The van der Waals surface area contributed by atoms with E-state index < -0.39 is 0 Å². The maximum Gasteiger partial charge on any atom is 0.165 e. The molecule has 2 nitrogen and oxygen atoms in total. The molecule has 0 aliphatic heterocycles. The van der Waals surface area contributed by atoms with E-state index in [4.69, 9.17) is 0 Å². The molecule has 1 atom stereocenters. The fraction of sp³-hybridized carbons (Fsp3) is 0.136. The van der Waals surface area contributed by atoms with Crippen LogP contribution in [-0.2, 0) is 0 Å². The molecule has 0 fully saturated rings. The SMILES string of the molecule is Cc1ccccc1N[C@H](CC(=O)c1ccccc1)c1ccccc1. The minimum atomic E-state index is -0.0555. The van der Waals surface area contributed by atoms with Crippen LogP contribution in [0.15, 0.2) is 84.9 Å². The van der Waals surface area contributed by atoms with E-state index in [2.05, 4.69) is 36.5 Å². The Balaban J connectivity index is 1.86. The molecule has 2 heteroatoms. The van der Waals surface area contributed by atoms with Crippen LogP contribution in [0.1, 0.15) is 33.9 Å². The Morgan fingerprint density at radius 2 is 1.42 bits per heavy atom. The van der Waals surface area contributed by atoms with Crippen LogP contribution in [0.2, 0.25) is 0 Å². The number of hydrogen-bond acceptors (Lipinski definition) is 2. The van der Waals surface area contributed by atoms with Crippen molar-refractivity contribution in [3.63, 3.8) is 0 Å². The maximum absolute atomic E-state index is 12.7. The third kappa shape index (κ3) is 3.90. The molecule has 0 heterocycles. The van der Waals surface area contributed by atoms with Crippen molar-refractivity contribution in [1.82, 2.24) is 0 Å². The summed E-state index contributed by atoms with van der Waals surface area (Å²) < 4.78 is 0. The van der Waals surface area contributed by atoms with Crippen LogP contribution < -0.4 is 5.32 Å². The van der Waals surface area contributed by atoms with Crippen molar-refractivity contribution in [1.29, 1.82) is 0 Å². The van der Waals surface area contributed by atoms with Crippen molar-refractivity contribution in [3.05, 3.63) is 102 Å². The maximum atomic E-state index is 12.7. The van der Waals surface area contributed by atoms with Crippen molar-refractivity contribution in [3.8, 4) is 0 Å². The van der Waals surface area contributed by atoms with Crippen LogP contribution >= 0.6 is 0 Å². The van der Waals surface area contributed by atoms with Gasteiger partial charge in [0, 0.05) is 17.7 Å². The number of rotatable bonds is 6. The summed E-state index contributed by atoms with van der Waals surface area (Å²) in [5, 5.41) is 3.54. The highest BCUT2D eigenvalue weighted by Gasteiger charge is 2.17. The molecule has 3 rings (SSSR count). The van der Waals surface area contributed by atoms with Crippen molar-refractivity contribution < 1.29 is 4.79 Å². The van der Waals surface area contributed by atoms with Gasteiger partial charge in [-0.1, -0.05) is 78.9 Å². The highest BCUT2D eigenvalue weighted by atomic mass is 16.1. The quantitative estimate of drug-likeness (QED) is 0.615. The van der Waals surface area contributed by atoms with Crippen LogP contribution in [0.4, 0.5) is 5.69 Å². The first kappa shape index (κ1) is 16.0. The molecule has 0 radical (unpaired) electrons. The molecular weight excluding hydrogens is 294 g/mol. The van der Waals surface area contributed by atoms with E-state index in [1.807, 2.05) is 60.7 Å². The summed E-state index contributed by atoms with van der Waals surface area (Å²) >= 11 is 0. The zero-order chi connectivity index (χ0) is 16.8. The third-order valence-corrected chi connectivity index (χ3v) is 4.16. The van der Waals surface area contributed by atoms with Gasteiger partial charge in [-0.15, -0.1) is 0 Å². The molecular formula is C22H21NO. The Kier molecular flexibility index (Phi) is 5.07. The Hall–Kier alpha value is -2.87. The number of aryl methyl sites for hydroxylation is 1. The fourth-order valence-electron chi connectivity index (χ4n) is 2.79. The lowest BCUT2D eigenvalue weighted by atomic mass is 9.97. The fourth-order valence-corrected chi connectivity index (χ4v) is 2.79. The van der Waals surface area contributed by atoms with Gasteiger partial charge in [-0.25, -0.2) is 0 Å². The van der Waals surface area contributed by atoms with Crippen molar-refractivity contribution in [2.75, 3.05) is 5.32 Å². The molecule has 0 bridgehead atoms. The van der Waals surface area contributed by atoms with E-state index in [9.17, 15) is 4.79 Å². The molecule has 120 valence electrons. The first-order valence-corrected chi connectivity index (χ1v) is 8.19. The predicted molar refractivity (Wildman–Crippen MR) is 99.4 cm³/mol. The number of hydrogen-bond donors (Lipinski definition) is 1. The van der Waals surface area contributed by atoms with Crippen LogP contribution in [0.3, 0.4) is 0 Å². The van der Waals surface area contributed by atoms with Crippen LogP contribution in [-0.4, -0.2) is 5.78 Å². The summed E-state index contributed by atoms with van der Waals surface area (Å²) in [6.07, 6.45) is 0.419. The zero-order valence-corrected chi connectivity index (χ0v) is 13.8. The van der Waals surface area contributed by atoms with Crippen molar-refractivity contribution in [2.24, 2.45) is 0 Å². The van der Waals surface area contributed by atoms with Crippen molar-refractivity contribution >= 4 is 11.5 Å². The molecule has 24 heavy (non-hydrogen) atoms. The smallest absolute Gasteiger partial charge is 0.165 e. The Morgan fingerprint density at radius 3 is 2.08 bits per heavy atom. The molecule has 0 aliphatic carbocycles. The van der Waals surface area contributed by atoms with Gasteiger partial charge in [0.15, 0.2) is 5.78 Å². The zero-order valence-electron chi connectivity index (χ0n) is 13.8. The van der Waals surface area contributed by atoms with E-state index in [-0.39, 0.29) is 11.8 Å². The molecule has 3 aromatic carbocycles. The Labute approximate surface area is 143 Å². The van der Waals surface area contributed by atoms with E-state index in [1.54, 1.807) is 0 Å². The van der Waals surface area contributed by atoms with E-state index in [1.165, 1.54) is 5.56 Å². The van der Waals surface area contributed by atoms with Gasteiger partial charge < -0.3 is 5.32 Å². The van der Waals surface area contributed by atoms with Gasteiger partial charge in [-0.05, 0) is 24.1 Å². The predicted octanol–water partition coefficient (Wildman–Crippen LogP) is 5.42. The lowest BCUT2D eigenvalue weighted by molar-refractivity contribution is 0.0976. The first-order valence-electron chi connectivity index (χ1n) is 8.19. The third-order valence-electron chi connectivity index (χ3n) is 4.16. The summed E-state index contributed by atoms with van der Waals surface area (Å²) in [7, 11) is 0. The van der Waals surface area contributed by atoms with Crippen LogP contribution in [0.25, 0.3) is 0 Å². The van der Waals surface area contributed by atoms with E-state index >= 15 is 0 Å². The number of benzene rings is 3. The van der Waals surface area contributed by atoms with Crippen LogP contribution in [0.5, 0.6) is 0 Å². The largest absolute Gasteiger partial charge is 0.378 e. The standard InChI is InChI=1S/C22H21NO/c1-17-10-8-9-15-20(17)23-21(18-11-4-2-5-12-18)16-22(24)19-13-6-3-7-14-19/h2-15,21,23H,16H2,1H3/t21-/m1/s1. The molecule has 0 unspecified atom stereocenters. The van der Waals surface area contributed by atoms with Crippen molar-refractivity contribution in [2.45, 2.75) is 19.4 Å². The number of nitrogens with one attached hydrogen (secondary N) is 1. The van der Waals surface area contributed by atoms with E-state index in [0.29, 0.717) is 6.42 Å². The molecule has 0 amide bonds. The second-order valence-electron chi connectivity index (χ2n) is 5.92.